The number of carboxylic acids is 1. The lowest BCUT2D eigenvalue weighted by Crippen LogP contribution is -2.32. The van der Waals surface area contributed by atoms with Crippen molar-refractivity contribution in [2.75, 3.05) is 7.05 Å². The number of nitrogens with one attached hydrogen (secondary N) is 1. The highest BCUT2D eigenvalue weighted by molar-refractivity contribution is 7.59. The number of rotatable bonds is 3. The largest absolute Gasteiger partial charge is 0.480 e. The fraction of sp³-hybridized carbons (Fsp3) is 0.429. The molecule has 1 unspecified atom stereocenters. The Labute approximate surface area is 89.2 Å². The summed E-state index contributed by atoms with van der Waals surface area (Å²) in [7, 11) is 1.50. The molecular weight excluding hydrogens is 204 g/mol. The minimum Gasteiger partial charge on any atom is -0.480 e. The molecule has 0 aliphatic carbocycles. The van der Waals surface area contributed by atoms with E-state index in [2.05, 4.69) is 15.7 Å². The monoisotopic (exact) mass is 220 g/mol. The van der Waals surface area contributed by atoms with Crippen molar-refractivity contribution in [2.45, 2.75) is 12.5 Å². The van der Waals surface area contributed by atoms with Crippen LogP contribution in [0, 0.1) is 0 Å². The van der Waals surface area contributed by atoms with Gasteiger partial charge in [0.05, 0.1) is 12.0 Å². The van der Waals surface area contributed by atoms with Gasteiger partial charge in [-0.15, -0.1) is 0 Å². The second kappa shape index (κ2) is 8.54. The predicted molar refractivity (Wildman–Crippen MR) is 58.4 cm³/mol. The van der Waals surface area contributed by atoms with Crippen LogP contribution >= 0.6 is 13.5 Å². The van der Waals surface area contributed by atoms with Crippen molar-refractivity contribution in [1.29, 1.82) is 0 Å². The quantitative estimate of drug-likeness (QED) is 0.524. The highest BCUT2D eigenvalue weighted by Crippen LogP contribution is 1.95. The lowest BCUT2D eigenvalue weighted by Gasteiger charge is -2.01. The molecule has 1 aromatic rings. The molecule has 0 saturated carbocycles. The summed E-state index contributed by atoms with van der Waals surface area (Å²) in [6, 6.07) is -0.863. The minimum absolute atomic E-state index is 0. The number of carboxylic acid groups (broad SMARTS) is 1. The SMILES string of the molecule is CN.NC(Cc1c[nH]cn1)C(=O)O.S. The molecule has 1 aromatic heterocycles. The van der Waals surface area contributed by atoms with Crippen molar-refractivity contribution in [3.63, 3.8) is 0 Å². The first-order chi connectivity index (χ1) is 6.20. The lowest BCUT2D eigenvalue weighted by molar-refractivity contribution is -0.138. The highest BCUT2D eigenvalue weighted by atomic mass is 32.1. The molecule has 1 heterocycles. The summed E-state index contributed by atoms with van der Waals surface area (Å²) in [5.41, 5.74) is 10.4. The Morgan fingerprint density at radius 2 is 2.29 bits per heavy atom. The van der Waals surface area contributed by atoms with Crippen LogP contribution in [0.15, 0.2) is 12.5 Å². The van der Waals surface area contributed by atoms with Gasteiger partial charge >= 0.3 is 5.97 Å². The molecule has 0 amide bonds. The molecule has 0 aliphatic rings. The van der Waals surface area contributed by atoms with Gasteiger partial charge in [0, 0.05) is 12.6 Å². The summed E-state index contributed by atoms with van der Waals surface area (Å²) < 4.78 is 0. The zero-order valence-electron chi connectivity index (χ0n) is 7.90. The third kappa shape index (κ3) is 5.57. The molecule has 0 radical (unpaired) electrons. The fourth-order valence-corrected chi connectivity index (χ4v) is 0.715. The zero-order chi connectivity index (χ0) is 10.3. The Hall–Kier alpha value is -1.05. The molecule has 1 atom stereocenters. The molecule has 0 fully saturated rings. The molecule has 14 heavy (non-hydrogen) atoms. The van der Waals surface area contributed by atoms with Gasteiger partial charge in [0.15, 0.2) is 0 Å². The van der Waals surface area contributed by atoms with Crippen LogP contribution in [0.4, 0.5) is 0 Å². The Balaban J connectivity index is 0. The van der Waals surface area contributed by atoms with Crippen molar-refractivity contribution in [1.82, 2.24) is 9.97 Å². The number of nitrogens with two attached hydrogens (primary N) is 2. The Kier molecular flexibility index (Phi) is 9.41. The van der Waals surface area contributed by atoms with E-state index < -0.39 is 12.0 Å². The van der Waals surface area contributed by atoms with Gasteiger partial charge in [0.2, 0.25) is 0 Å². The van der Waals surface area contributed by atoms with Gasteiger partial charge in [-0.1, -0.05) is 0 Å². The van der Waals surface area contributed by atoms with Gasteiger partial charge in [0.25, 0.3) is 0 Å². The molecular formula is C7H16N4O2S. The van der Waals surface area contributed by atoms with Crippen LogP contribution in [0.1, 0.15) is 5.69 Å². The Bertz CT molecular complexity index is 240. The standard InChI is InChI=1S/C6H9N3O2.CH5N.H2S/c7-5(6(10)11)1-4-2-8-3-9-4;1-2;/h2-3,5H,1,7H2,(H,8,9)(H,10,11);2H2,1H3;1H2. The van der Waals surface area contributed by atoms with E-state index in [0.29, 0.717) is 5.69 Å². The summed E-state index contributed by atoms with van der Waals surface area (Å²) in [6.07, 6.45) is 3.38. The minimum atomic E-state index is -1.01. The number of H-pyrrole nitrogens is 1. The van der Waals surface area contributed by atoms with Gasteiger partial charge in [-0.3, -0.25) is 4.79 Å². The van der Waals surface area contributed by atoms with E-state index in [1.165, 1.54) is 13.4 Å². The van der Waals surface area contributed by atoms with E-state index in [0.717, 1.165) is 0 Å². The molecule has 82 valence electrons. The van der Waals surface area contributed by atoms with Gasteiger partial charge in [-0.25, -0.2) is 4.98 Å². The molecule has 6 nitrogen and oxygen atoms in total. The number of nitrogens with zero attached hydrogens (tertiary/aromatic N) is 1. The molecule has 0 bridgehead atoms. The molecule has 1 rings (SSSR count). The average Bonchev–Trinajstić information content (AvgIpc) is 2.60. The number of hydrogen-bond donors (Lipinski definition) is 4. The number of imidazole rings is 1. The van der Waals surface area contributed by atoms with Crippen LogP contribution < -0.4 is 11.5 Å². The third-order valence-electron chi connectivity index (χ3n) is 1.30. The predicted octanol–water partition coefficient (Wildman–Crippen LogP) is -0.948. The molecule has 7 heteroatoms. The molecule has 0 spiro atoms. The van der Waals surface area contributed by atoms with Crippen molar-refractivity contribution in [3.05, 3.63) is 18.2 Å². The van der Waals surface area contributed by atoms with Crippen molar-refractivity contribution in [2.24, 2.45) is 11.5 Å². The number of carbonyl (C=O) groups is 1. The average molecular weight is 220 g/mol. The van der Waals surface area contributed by atoms with E-state index in [-0.39, 0.29) is 19.9 Å². The first-order valence-electron chi connectivity index (χ1n) is 3.74. The van der Waals surface area contributed by atoms with Gasteiger partial charge < -0.3 is 21.6 Å². The summed E-state index contributed by atoms with van der Waals surface area (Å²) in [6.45, 7) is 0. The van der Waals surface area contributed by atoms with Crippen LogP contribution in [0.2, 0.25) is 0 Å². The number of aliphatic carboxylic acids is 1. The summed E-state index contributed by atoms with van der Waals surface area (Å²) in [5, 5.41) is 8.42. The van der Waals surface area contributed by atoms with Crippen LogP contribution in [0.25, 0.3) is 0 Å². The van der Waals surface area contributed by atoms with Crippen LogP contribution in [-0.2, 0) is 11.2 Å². The van der Waals surface area contributed by atoms with Gasteiger partial charge in [-0.2, -0.15) is 13.5 Å². The maximum Gasteiger partial charge on any atom is 0.320 e. The molecule has 0 aromatic carbocycles. The molecule has 0 saturated heterocycles. The molecule has 0 aliphatic heterocycles. The summed E-state index contributed by atoms with van der Waals surface area (Å²) >= 11 is 0. The Morgan fingerprint density at radius 3 is 2.64 bits per heavy atom. The maximum atomic E-state index is 10.3. The number of aromatic nitrogens is 2. The number of hydrogen-bond acceptors (Lipinski definition) is 4. The third-order valence-corrected chi connectivity index (χ3v) is 1.30. The van der Waals surface area contributed by atoms with Gasteiger partial charge in [0.1, 0.15) is 6.04 Å². The van der Waals surface area contributed by atoms with E-state index in [9.17, 15) is 4.79 Å². The highest BCUT2D eigenvalue weighted by Gasteiger charge is 2.12. The fourth-order valence-electron chi connectivity index (χ4n) is 0.715. The van der Waals surface area contributed by atoms with Gasteiger partial charge in [-0.05, 0) is 7.05 Å². The van der Waals surface area contributed by atoms with E-state index in [4.69, 9.17) is 10.8 Å². The summed E-state index contributed by atoms with van der Waals surface area (Å²) in [5.74, 6) is -1.01. The Morgan fingerprint density at radius 1 is 1.71 bits per heavy atom. The van der Waals surface area contributed by atoms with Crippen molar-refractivity contribution < 1.29 is 9.90 Å². The first-order valence-corrected chi connectivity index (χ1v) is 3.74. The maximum absolute atomic E-state index is 10.3. The second-order valence-electron chi connectivity index (χ2n) is 2.21. The first kappa shape index (κ1) is 15.4. The van der Waals surface area contributed by atoms with Crippen LogP contribution in [-0.4, -0.2) is 34.1 Å². The lowest BCUT2D eigenvalue weighted by atomic mass is 10.2. The van der Waals surface area contributed by atoms with Crippen molar-refractivity contribution in [3.8, 4) is 0 Å². The van der Waals surface area contributed by atoms with Crippen LogP contribution in [0.3, 0.4) is 0 Å². The van der Waals surface area contributed by atoms with E-state index in [1.54, 1.807) is 6.20 Å². The number of aromatic amines is 1. The normalized spacial score (nSPS) is 10.5. The summed E-state index contributed by atoms with van der Waals surface area (Å²) in [4.78, 5) is 16.8. The van der Waals surface area contributed by atoms with Crippen LogP contribution in [0.5, 0.6) is 0 Å². The second-order valence-corrected chi connectivity index (χ2v) is 2.21. The van der Waals surface area contributed by atoms with E-state index >= 15 is 0 Å². The van der Waals surface area contributed by atoms with Crippen molar-refractivity contribution >= 4 is 19.5 Å². The smallest absolute Gasteiger partial charge is 0.320 e. The molecule has 6 N–H and O–H groups in total. The zero-order valence-corrected chi connectivity index (χ0v) is 8.90. The van der Waals surface area contributed by atoms with E-state index in [1.807, 2.05) is 0 Å². The topological polar surface area (TPSA) is 118 Å².